The van der Waals surface area contributed by atoms with Gasteiger partial charge in [0.2, 0.25) is 0 Å². The third-order valence-corrected chi connectivity index (χ3v) is 13.9. The second kappa shape index (κ2) is 18.6. The van der Waals surface area contributed by atoms with Crippen LogP contribution in [0.1, 0.15) is 24.0 Å². The summed E-state index contributed by atoms with van der Waals surface area (Å²) in [6.07, 6.45) is 7.15. The monoisotopic (exact) mass is 897 g/mol. The zero-order valence-electron chi connectivity index (χ0n) is 39.0. The van der Waals surface area contributed by atoms with Crippen molar-refractivity contribution < 1.29 is 0 Å². The van der Waals surface area contributed by atoms with Crippen LogP contribution < -0.4 is 10.2 Å². The van der Waals surface area contributed by atoms with E-state index in [1.165, 1.54) is 66.4 Å². The van der Waals surface area contributed by atoms with E-state index in [0.29, 0.717) is 5.92 Å². The maximum Gasteiger partial charge on any atom is 0.0541 e. The van der Waals surface area contributed by atoms with Gasteiger partial charge in [-0.1, -0.05) is 195 Å². The predicted molar refractivity (Wildman–Crippen MR) is 297 cm³/mol. The molecule has 0 amide bonds. The van der Waals surface area contributed by atoms with Gasteiger partial charge in [-0.2, -0.15) is 0 Å². The Bertz CT molecular complexity index is 3580. The molecule has 70 heavy (non-hydrogen) atoms. The van der Waals surface area contributed by atoms with Crippen LogP contribution >= 0.6 is 0 Å². The molecule has 0 fully saturated rings. The number of rotatable bonds is 11. The van der Waals surface area contributed by atoms with Gasteiger partial charge in [-0.15, -0.1) is 0 Å². The van der Waals surface area contributed by atoms with E-state index >= 15 is 0 Å². The lowest BCUT2D eigenvalue weighted by molar-refractivity contribution is 0.639. The Labute approximate surface area is 410 Å². The molecule has 10 aromatic carbocycles. The van der Waals surface area contributed by atoms with Crippen molar-refractivity contribution in [1.82, 2.24) is 4.57 Å². The van der Waals surface area contributed by atoms with Crippen molar-refractivity contribution in [3.8, 4) is 39.1 Å². The first-order chi connectivity index (χ1) is 34.6. The average molecular weight is 898 g/mol. The van der Waals surface area contributed by atoms with Crippen molar-refractivity contribution in [2.75, 3.05) is 10.2 Å². The fraction of sp³-hybridized carbons (Fsp3) is 0.0448. The molecular weight excluding hydrogens is 847 g/mol. The first-order valence-electron chi connectivity index (χ1n) is 24.3. The van der Waals surface area contributed by atoms with Crippen molar-refractivity contribution in [1.29, 1.82) is 0 Å². The summed E-state index contributed by atoms with van der Waals surface area (Å²) < 4.78 is 2.38. The number of anilines is 5. The average Bonchev–Trinajstić information content (AvgIpc) is 3.76. The fourth-order valence-corrected chi connectivity index (χ4v) is 10.3. The summed E-state index contributed by atoms with van der Waals surface area (Å²) in [6, 6.07) is 91.8. The van der Waals surface area contributed by atoms with Crippen molar-refractivity contribution >= 4 is 55.8 Å². The Balaban J connectivity index is 0.823. The van der Waals surface area contributed by atoms with E-state index in [1.807, 2.05) is 0 Å². The van der Waals surface area contributed by atoms with Crippen molar-refractivity contribution in [2.45, 2.75) is 12.8 Å². The zero-order valence-corrected chi connectivity index (χ0v) is 39.0. The van der Waals surface area contributed by atoms with Crippen molar-refractivity contribution in [2.24, 2.45) is 5.92 Å². The molecule has 3 heteroatoms. The predicted octanol–water partition coefficient (Wildman–Crippen LogP) is 18.4. The number of hydrogen-bond donors (Lipinski definition) is 1. The molecule has 1 aliphatic carbocycles. The van der Waals surface area contributed by atoms with Crippen LogP contribution in [-0.4, -0.2) is 4.57 Å². The molecule has 0 spiro atoms. The quantitative estimate of drug-likeness (QED) is 0.140. The molecule has 1 N–H and O–H groups in total. The normalized spacial score (nSPS) is 14.4. The molecule has 1 aliphatic rings. The summed E-state index contributed by atoms with van der Waals surface area (Å²) in [5.41, 5.74) is 19.9. The largest absolute Gasteiger partial charge is 0.355 e. The Hall–Kier alpha value is -8.92. The van der Waals surface area contributed by atoms with Gasteiger partial charge in [0, 0.05) is 50.8 Å². The topological polar surface area (TPSA) is 20.2 Å². The van der Waals surface area contributed by atoms with Crippen LogP contribution in [0.2, 0.25) is 0 Å². The van der Waals surface area contributed by atoms with Crippen LogP contribution in [-0.2, 0) is 0 Å². The number of fused-ring (bicyclic) bond motifs is 3. The molecule has 0 saturated carbocycles. The van der Waals surface area contributed by atoms with Gasteiger partial charge in [-0.3, -0.25) is 0 Å². The maximum atomic E-state index is 3.83. The molecule has 1 aromatic heterocycles. The molecule has 0 aliphatic heterocycles. The Kier molecular flexibility index (Phi) is 11.3. The van der Waals surface area contributed by atoms with E-state index < -0.39 is 0 Å². The molecule has 0 saturated heterocycles. The first-order valence-corrected chi connectivity index (χ1v) is 24.3. The molecule has 1 heterocycles. The molecule has 12 rings (SSSR count). The highest BCUT2D eigenvalue weighted by Crippen LogP contribution is 2.42. The third-order valence-electron chi connectivity index (χ3n) is 13.9. The molecule has 2 atom stereocenters. The van der Waals surface area contributed by atoms with Gasteiger partial charge in [0.05, 0.1) is 11.0 Å². The lowest BCUT2D eigenvalue weighted by Gasteiger charge is -2.27. The Morgan fingerprint density at radius 1 is 0.400 bits per heavy atom. The summed E-state index contributed by atoms with van der Waals surface area (Å²) in [6.45, 7) is 2.32. The molecule has 3 nitrogen and oxygen atoms in total. The second-order valence-electron chi connectivity index (χ2n) is 18.3. The summed E-state index contributed by atoms with van der Waals surface area (Å²) in [4.78, 5) is 2.35. The minimum Gasteiger partial charge on any atom is -0.355 e. The highest BCUT2D eigenvalue weighted by atomic mass is 15.1. The van der Waals surface area contributed by atoms with E-state index in [2.05, 4.69) is 295 Å². The van der Waals surface area contributed by atoms with Crippen molar-refractivity contribution in [3.63, 3.8) is 0 Å². The standard InChI is InChI=1S/C67H51N3/c1-47-28-29-54(55-36-43-67-64(46-55)62-25-12-14-27-66(62)70(67)57-21-9-4-10-22-57)45-63(47)61-24-11-13-26-65(61)68-56-37-30-52(31-38-56)53-20-15-23-60(44-53)69(58-39-32-50(33-40-58)48-16-5-2-6-17-48)59-41-34-51(35-42-59)49-18-7-3-8-19-49/h2-47,63,68H,1H3. The second-order valence-corrected chi connectivity index (χ2v) is 18.3. The van der Waals surface area contributed by atoms with Crippen molar-refractivity contribution in [3.05, 3.63) is 284 Å². The number of nitrogens with one attached hydrogen (secondary N) is 1. The number of hydrogen-bond acceptors (Lipinski definition) is 2. The van der Waals surface area contributed by atoms with E-state index in [-0.39, 0.29) is 5.92 Å². The smallest absolute Gasteiger partial charge is 0.0541 e. The minimum absolute atomic E-state index is 0.194. The van der Waals surface area contributed by atoms with E-state index in [1.54, 1.807) is 0 Å². The van der Waals surface area contributed by atoms with Gasteiger partial charge in [0.25, 0.3) is 0 Å². The summed E-state index contributed by atoms with van der Waals surface area (Å²) in [5.74, 6) is 0.521. The van der Waals surface area contributed by atoms with Crippen LogP contribution in [0.5, 0.6) is 0 Å². The van der Waals surface area contributed by atoms with Gasteiger partial charge in [0.15, 0.2) is 0 Å². The van der Waals surface area contributed by atoms with E-state index in [0.717, 1.165) is 39.6 Å². The van der Waals surface area contributed by atoms with Crippen LogP contribution in [0.4, 0.5) is 28.4 Å². The van der Waals surface area contributed by atoms with Gasteiger partial charge in [0.1, 0.15) is 0 Å². The van der Waals surface area contributed by atoms with Gasteiger partial charge >= 0.3 is 0 Å². The third kappa shape index (κ3) is 8.29. The number of nitrogens with zero attached hydrogens (tertiary/aromatic N) is 2. The lowest BCUT2D eigenvalue weighted by atomic mass is 9.80. The molecule has 334 valence electrons. The highest BCUT2D eigenvalue weighted by Gasteiger charge is 2.23. The van der Waals surface area contributed by atoms with Gasteiger partial charge in [-0.05, 0) is 141 Å². The minimum atomic E-state index is 0.194. The first kappa shape index (κ1) is 42.4. The zero-order chi connectivity index (χ0) is 46.8. The van der Waals surface area contributed by atoms with Crippen LogP contribution in [0.25, 0.3) is 66.4 Å². The van der Waals surface area contributed by atoms with Crippen LogP contribution in [0, 0.1) is 5.92 Å². The molecular formula is C67H51N3. The SMILES string of the molecule is CC1C=CC(c2ccc3c(c2)c2ccccc2n3-c2ccccc2)=CC1c1ccccc1Nc1ccc(-c2cccc(N(c3ccc(-c4ccccc4)cc3)c3ccc(-c4ccccc4)cc3)c2)cc1. The number of para-hydroxylation sites is 3. The molecule has 2 unspecified atom stereocenters. The summed E-state index contributed by atoms with van der Waals surface area (Å²) in [7, 11) is 0. The summed E-state index contributed by atoms with van der Waals surface area (Å²) in [5, 5.41) is 6.35. The number of benzene rings is 10. The molecule has 0 bridgehead atoms. The van der Waals surface area contributed by atoms with Gasteiger partial charge < -0.3 is 14.8 Å². The van der Waals surface area contributed by atoms with Crippen LogP contribution in [0.3, 0.4) is 0 Å². The van der Waals surface area contributed by atoms with Crippen LogP contribution in [0.15, 0.2) is 273 Å². The molecule has 0 radical (unpaired) electrons. The number of allylic oxidation sites excluding steroid dienone is 4. The van der Waals surface area contributed by atoms with E-state index in [9.17, 15) is 0 Å². The lowest BCUT2D eigenvalue weighted by Crippen LogP contribution is -2.11. The maximum absolute atomic E-state index is 3.83. The number of aromatic nitrogens is 1. The highest BCUT2D eigenvalue weighted by molar-refractivity contribution is 6.10. The Morgan fingerprint density at radius 2 is 0.929 bits per heavy atom. The van der Waals surface area contributed by atoms with Gasteiger partial charge in [-0.25, -0.2) is 0 Å². The molecule has 11 aromatic rings. The van der Waals surface area contributed by atoms with E-state index in [4.69, 9.17) is 0 Å². The Morgan fingerprint density at radius 3 is 1.61 bits per heavy atom. The fourth-order valence-electron chi connectivity index (χ4n) is 10.3. The summed E-state index contributed by atoms with van der Waals surface area (Å²) >= 11 is 0.